The number of carbonyl (C=O) groups excluding carboxylic acids is 1. The van der Waals surface area contributed by atoms with E-state index < -0.39 is 0 Å². The Morgan fingerprint density at radius 2 is 2.18 bits per heavy atom. The Labute approximate surface area is 132 Å². The highest BCUT2D eigenvalue weighted by molar-refractivity contribution is 5.81. The summed E-state index contributed by atoms with van der Waals surface area (Å²) in [6.45, 7) is 5.61. The van der Waals surface area contributed by atoms with Crippen LogP contribution in [0.4, 0.5) is 0 Å². The minimum absolute atomic E-state index is 0.0226. The van der Waals surface area contributed by atoms with Gasteiger partial charge in [-0.3, -0.25) is 9.69 Å². The van der Waals surface area contributed by atoms with E-state index in [9.17, 15) is 4.79 Å². The van der Waals surface area contributed by atoms with E-state index in [1.807, 2.05) is 14.1 Å². The molecule has 1 atom stereocenters. The second-order valence-electron chi connectivity index (χ2n) is 6.74. The maximum absolute atomic E-state index is 12.6. The normalized spacial score (nSPS) is 20.1. The topological polar surface area (TPSA) is 62.5 Å². The first kappa shape index (κ1) is 16.9. The Kier molecular flexibility index (Phi) is 5.94. The zero-order chi connectivity index (χ0) is 16.1. The predicted molar refractivity (Wildman–Crippen MR) is 84.2 cm³/mol. The van der Waals surface area contributed by atoms with Crippen molar-refractivity contribution in [3.8, 4) is 0 Å². The fraction of sp³-hybridized carbons (Fsp3) is 0.812. The van der Waals surface area contributed by atoms with Crippen molar-refractivity contribution in [3.05, 3.63) is 11.7 Å². The van der Waals surface area contributed by atoms with Crippen LogP contribution in [0.15, 0.2) is 4.52 Å². The number of hydrogen-bond donors (Lipinski definition) is 0. The summed E-state index contributed by atoms with van der Waals surface area (Å²) >= 11 is 0. The van der Waals surface area contributed by atoms with Crippen molar-refractivity contribution in [2.75, 3.05) is 20.6 Å². The van der Waals surface area contributed by atoms with Crippen LogP contribution in [0.1, 0.15) is 51.2 Å². The number of likely N-dealkylation sites (N-methyl/N-ethyl adjacent to an activating group) is 2. The largest absolute Gasteiger partial charge is 0.337 e. The van der Waals surface area contributed by atoms with Crippen LogP contribution in [0.2, 0.25) is 0 Å². The molecule has 22 heavy (non-hydrogen) atoms. The molecule has 0 aliphatic carbocycles. The van der Waals surface area contributed by atoms with Crippen LogP contribution in [0, 0.1) is 5.92 Å². The minimum atomic E-state index is -0.0226. The maximum atomic E-state index is 12.6. The van der Waals surface area contributed by atoms with Gasteiger partial charge in [0.2, 0.25) is 11.8 Å². The third-order valence-electron chi connectivity index (χ3n) is 4.16. The van der Waals surface area contributed by atoms with Crippen molar-refractivity contribution >= 4 is 5.91 Å². The zero-order valence-electron chi connectivity index (χ0n) is 14.2. The summed E-state index contributed by atoms with van der Waals surface area (Å²) < 4.78 is 5.26. The first-order valence-corrected chi connectivity index (χ1v) is 8.24. The van der Waals surface area contributed by atoms with Crippen molar-refractivity contribution in [2.24, 2.45) is 5.92 Å². The van der Waals surface area contributed by atoms with Gasteiger partial charge in [0, 0.05) is 13.5 Å². The van der Waals surface area contributed by atoms with E-state index in [2.05, 4.69) is 28.9 Å². The molecule has 2 heterocycles. The Bertz CT molecular complexity index is 486. The van der Waals surface area contributed by atoms with E-state index in [1.54, 1.807) is 4.90 Å². The van der Waals surface area contributed by atoms with E-state index >= 15 is 0 Å². The molecule has 1 aliphatic rings. The van der Waals surface area contributed by atoms with Gasteiger partial charge < -0.3 is 9.42 Å². The Morgan fingerprint density at radius 1 is 1.41 bits per heavy atom. The molecule has 0 bridgehead atoms. The molecule has 6 heteroatoms. The van der Waals surface area contributed by atoms with Crippen molar-refractivity contribution < 1.29 is 9.32 Å². The summed E-state index contributed by atoms with van der Waals surface area (Å²) in [7, 11) is 3.85. The predicted octanol–water partition coefficient (Wildman–Crippen LogP) is 2.10. The molecule has 0 unspecified atom stereocenters. The lowest BCUT2D eigenvalue weighted by molar-refractivity contribution is -0.136. The lowest BCUT2D eigenvalue weighted by atomic mass is 10.1. The molecule has 6 nitrogen and oxygen atoms in total. The lowest BCUT2D eigenvalue weighted by Crippen LogP contribution is -2.45. The van der Waals surface area contributed by atoms with Gasteiger partial charge in [0.15, 0.2) is 5.82 Å². The van der Waals surface area contributed by atoms with Gasteiger partial charge in [-0.1, -0.05) is 31.8 Å². The maximum Gasteiger partial charge on any atom is 0.246 e. The molecule has 0 radical (unpaired) electrons. The van der Waals surface area contributed by atoms with Gasteiger partial charge in [0.25, 0.3) is 0 Å². The number of nitrogens with zero attached hydrogens (tertiary/aromatic N) is 4. The molecule has 1 fully saturated rings. The SMILES string of the molecule is CC(C)Cc1noc(CN(C)C(=O)[C@@H]2CCCCCN2C)n1. The number of hydrogen-bond acceptors (Lipinski definition) is 5. The molecule has 0 spiro atoms. The molecule has 1 saturated heterocycles. The third kappa shape index (κ3) is 4.53. The fourth-order valence-corrected chi connectivity index (χ4v) is 2.90. The average Bonchev–Trinajstić information content (AvgIpc) is 2.76. The van der Waals surface area contributed by atoms with E-state index in [1.165, 1.54) is 12.8 Å². The van der Waals surface area contributed by atoms with Crippen molar-refractivity contribution in [1.29, 1.82) is 0 Å². The molecular formula is C16H28N4O2. The first-order chi connectivity index (χ1) is 10.5. The fourth-order valence-electron chi connectivity index (χ4n) is 2.90. The van der Waals surface area contributed by atoms with Crippen LogP contribution in [-0.4, -0.2) is 52.5 Å². The molecule has 0 N–H and O–H groups in total. The number of amides is 1. The second kappa shape index (κ2) is 7.72. The van der Waals surface area contributed by atoms with Crippen molar-refractivity contribution in [1.82, 2.24) is 19.9 Å². The van der Waals surface area contributed by atoms with Crippen LogP contribution in [0.3, 0.4) is 0 Å². The lowest BCUT2D eigenvalue weighted by Gasteiger charge is -2.28. The molecular weight excluding hydrogens is 280 g/mol. The van der Waals surface area contributed by atoms with E-state index in [0.717, 1.165) is 31.6 Å². The van der Waals surface area contributed by atoms with Gasteiger partial charge in [-0.15, -0.1) is 0 Å². The standard InChI is InChI=1S/C16H28N4O2/c1-12(2)10-14-17-15(22-18-14)11-20(4)16(21)13-8-6-5-7-9-19(13)3/h12-13H,5-11H2,1-4H3/t13-/m0/s1. The molecule has 1 amide bonds. The number of likely N-dealkylation sites (tertiary alicyclic amines) is 1. The minimum Gasteiger partial charge on any atom is -0.337 e. The van der Waals surface area contributed by atoms with E-state index in [-0.39, 0.29) is 11.9 Å². The van der Waals surface area contributed by atoms with Gasteiger partial charge in [0.1, 0.15) is 0 Å². The van der Waals surface area contributed by atoms with Crippen LogP contribution in [0.25, 0.3) is 0 Å². The van der Waals surface area contributed by atoms with Gasteiger partial charge >= 0.3 is 0 Å². The molecule has 1 aromatic heterocycles. The summed E-state index contributed by atoms with van der Waals surface area (Å²) in [5.41, 5.74) is 0. The second-order valence-corrected chi connectivity index (χ2v) is 6.74. The van der Waals surface area contributed by atoms with Crippen molar-refractivity contribution in [3.63, 3.8) is 0 Å². The summed E-state index contributed by atoms with van der Waals surface area (Å²) in [6.07, 6.45) is 5.23. The van der Waals surface area contributed by atoms with E-state index in [4.69, 9.17) is 4.52 Å². The molecule has 1 aromatic rings. The van der Waals surface area contributed by atoms with Crippen molar-refractivity contribution in [2.45, 2.75) is 58.5 Å². The first-order valence-electron chi connectivity index (χ1n) is 8.24. The Hall–Kier alpha value is -1.43. The molecule has 0 aromatic carbocycles. The van der Waals surface area contributed by atoms with Gasteiger partial charge in [-0.05, 0) is 32.4 Å². The Morgan fingerprint density at radius 3 is 2.91 bits per heavy atom. The monoisotopic (exact) mass is 308 g/mol. The smallest absolute Gasteiger partial charge is 0.246 e. The summed E-state index contributed by atoms with van der Waals surface area (Å²) in [5.74, 6) is 1.87. The number of aromatic nitrogens is 2. The molecule has 2 rings (SSSR count). The highest BCUT2D eigenvalue weighted by Gasteiger charge is 2.28. The number of carbonyl (C=O) groups is 1. The average molecular weight is 308 g/mol. The third-order valence-corrected chi connectivity index (χ3v) is 4.16. The quantitative estimate of drug-likeness (QED) is 0.833. The molecule has 1 aliphatic heterocycles. The summed E-state index contributed by atoms with van der Waals surface area (Å²) in [5, 5.41) is 3.98. The highest BCUT2D eigenvalue weighted by Crippen LogP contribution is 2.17. The van der Waals surface area contributed by atoms with Gasteiger partial charge in [-0.25, -0.2) is 0 Å². The highest BCUT2D eigenvalue weighted by atomic mass is 16.5. The van der Waals surface area contributed by atoms with Gasteiger partial charge in [-0.2, -0.15) is 4.98 Å². The van der Waals surface area contributed by atoms with Crippen LogP contribution in [-0.2, 0) is 17.8 Å². The van der Waals surface area contributed by atoms with Crippen LogP contribution in [0.5, 0.6) is 0 Å². The number of rotatable bonds is 5. The molecule has 124 valence electrons. The van der Waals surface area contributed by atoms with E-state index in [0.29, 0.717) is 18.4 Å². The van der Waals surface area contributed by atoms with Crippen LogP contribution < -0.4 is 0 Å². The summed E-state index contributed by atoms with van der Waals surface area (Å²) in [6, 6.07) is -0.0226. The zero-order valence-corrected chi connectivity index (χ0v) is 14.2. The Balaban J connectivity index is 1.94. The molecule has 0 saturated carbocycles. The van der Waals surface area contributed by atoms with Gasteiger partial charge in [0.05, 0.1) is 12.6 Å². The summed E-state index contributed by atoms with van der Waals surface area (Å²) in [4.78, 5) is 20.9. The van der Waals surface area contributed by atoms with Crippen LogP contribution >= 0.6 is 0 Å².